The molecule has 0 fully saturated rings. The SMILES string of the molecule is O=C(NCCCCCI)c1cc2ccccc2s1. The average Bonchev–Trinajstić information content (AvgIpc) is 2.82. The predicted molar refractivity (Wildman–Crippen MR) is 86.9 cm³/mol. The van der Waals surface area contributed by atoms with Gasteiger partial charge in [0, 0.05) is 11.2 Å². The molecule has 0 aliphatic rings. The average molecular weight is 373 g/mol. The van der Waals surface area contributed by atoms with Crippen molar-refractivity contribution in [2.75, 3.05) is 11.0 Å². The highest BCUT2D eigenvalue weighted by atomic mass is 127. The highest BCUT2D eigenvalue weighted by Gasteiger charge is 2.08. The quantitative estimate of drug-likeness (QED) is 0.458. The van der Waals surface area contributed by atoms with Crippen LogP contribution in [0, 0.1) is 0 Å². The number of unbranched alkanes of at least 4 members (excludes halogenated alkanes) is 2. The summed E-state index contributed by atoms with van der Waals surface area (Å²) in [5.41, 5.74) is 0. The van der Waals surface area contributed by atoms with Gasteiger partial charge < -0.3 is 5.32 Å². The van der Waals surface area contributed by atoms with Gasteiger partial charge in [0.2, 0.25) is 0 Å². The van der Waals surface area contributed by atoms with Gasteiger partial charge in [0.25, 0.3) is 5.91 Å². The largest absolute Gasteiger partial charge is 0.351 e. The van der Waals surface area contributed by atoms with E-state index in [1.807, 2.05) is 24.3 Å². The maximum Gasteiger partial charge on any atom is 0.261 e. The smallest absolute Gasteiger partial charge is 0.261 e. The normalized spacial score (nSPS) is 10.7. The molecule has 18 heavy (non-hydrogen) atoms. The van der Waals surface area contributed by atoms with Crippen LogP contribution in [0.2, 0.25) is 0 Å². The lowest BCUT2D eigenvalue weighted by Gasteiger charge is -2.02. The monoisotopic (exact) mass is 373 g/mol. The molecule has 0 saturated heterocycles. The molecule has 1 N–H and O–H groups in total. The van der Waals surface area contributed by atoms with E-state index >= 15 is 0 Å². The van der Waals surface area contributed by atoms with E-state index in [1.54, 1.807) is 11.3 Å². The fraction of sp³-hybridized carbons (Fsp3) is 0.357. The summed E-state index contributed by atoms with van der Waals surface area (Å²) in [6.45, 7) is 0.781. The molecule has 0 aliphatic carbocycles. The Balaban J connectivity index is 1.88. The first-order valence-electron chi connectivity index (χ1n) is 6.14. The van der Waals surface area contributed by atoms with E-state index < -0.39 is 0 Å². The zero-order valence-electron chi connectivity index (χ0n) is 10.1. The molecule has 2 nitrogen and oxygen atoms in total. The van der Waals surface area contributed by atoms with Crippen molar-refractivity contribution >= 4 is 49.9 Å². The number of amides is 1. The topological polar surface area (TPSA) is 29.1 Å². The summed E-state index contributed by atoms with van der Waals surface area (Å²) in [6.07, 6.45) is 3.49. The van der Waals surface area contributed by atoms with E-state index in [9.17, 15) is 4.79 Å². The van der Waals surface area contributed by atoms with Gasteiger partial charge in [0.05, 0.1) is 4.88 Å². The Hall–Kier alpha value is -0.620. The van der Waals surface area contributed by atoms with Gasteiger partial charge in [0.1, 0.15) is 0 Å². The van der Waals surface area contributed by atoms with Crippen LogP contribution in [0.1, 0.15) is 28.9 Å². The minimum absolute atomic E-state index is 0.0608. The third kappa shape index (κ3) is 3.68. The number of benzene rings is 1. The summed E-state index contributed by atoms with van der Waals surface area (Å²) in [6, 6.07) is 10.1. The minimum atomic E-state index is 0.0608. The third-order valence-electron chi connectivity index (χ3n) is 2.75. The fourth-order valence-electron chi connectivity index (χ4n) is 1.78. The number of fused-ring (bicyclic) bond motifs is 1. The summed E-state index contributed by atoms with van der Waals surface area (Å²) >= 11 is 3.94. The van der Waals surface area contributed by atoms with Crippen LogP contribution in [0.15, 0.2) is 30.3 Å². The van der Waals surface area contributed by atoms with E-state index in [0.29, 0.717) is 0 Å². The molecule has 0 bridgehead atoms. The number of rotatable bonds is 6. The van der Waals surface area contributed by atoms with Crippen LogP contribution in [0.5, 0.6) is 0 Å². The molecule has 2 aromatic rings. The van der Waals surface area contributed by atoms with Crippen LogP contribution in [-0.4, -0.2) is 16.9 Å². The van der Waals surface area contributed by atoms with Crippen LogP contribution in [0.3, 0.4) is 0 Å². The molecule has 1 aromatic carbocycles. The van der Waals surface area contributed by atoms with Gasteiger partial charge >= 0.3 is 0 Å². The van der Waals surface area contributed by atoms with E-state index in [0.717, 1.165) is 23.2 Å². The number of thiophene rings is 1. The van der Waals surface area contributed by atoms with Crippen LogP contribution in [-0.2, 0) is 0 Å². The van der Waals surface area contributed by atoms with E-state index in [2.05, 4.69) is 34.0 Å². The van der Waals surface area contributed by atoms with Crippen LogP contribution in [0.25, 0.3) is 10.1 Å². The Bertz CT molecular complexity index is 490. The van der Waals surface area contributed by atoms with Gasteiger partial charge in [-0.05, 0) is 34.8 Å². The van der Waals surface area contributed by atoms with Crippen molar-refractivity contribution in [3.8, 4) is 0 Å². The van der Waals surface area contributed by atoms with E-state index in [1.165, 1.54) is 22.0 Å². The first-order chi connectivity index (χ1) is 8.81. The second-order valence-electron chi connectivity index (χ2n) is 4.15. The van der Waals surface area contributed by atoms with Gasteiger partial charge in [-0.15, -0.1) is 11.3 Å². The van der Waals surface area contributed by atoms with Gasteiger partial charge in [-0.2, -0.15) is 0 Å². The summed E-state index contributed by atoms with van der Waals surface area (Å²) < 4.78 is 2.37. The molecule has 0 saturated carbocycles. The Morgan fingerprint density at radius 3 is 2.83 bits per heavy atom. The third-order valence-corrected chi connectivity index (χ3v) is 4.62. The summed E-state index contributed by atoms with van der Waals surface area (Å²) in [7, 11) is 0. The van der Waals surface area contributed by atoms with Gasteiger partial charge in [-0.3, -0.25) is 4.79 Å². The Morgan fingerprint density at radius 2 is 2.06 bits per heavy atom. The molecule has 96 valence electrons. The molecule has 1 aromatic heterocycles. The number of alkyl halides is 1. The minimum Gasteiger partial charge on any atom is -0.351 e. The molecule has 0 radical (unpaired) electrons. The maximum atomic E-state index is 11.9. The number of hydrogen-bond donors (Lipinski definition) is 1. The lowest BCUT2D eigenvalue weighted by molar-refractivity contribution is 0.0957. The molecule has 2 rings (SSSR count). The second kappa shape index (κ2) is 7.09. The van der Waals surface area contributed by atoms with Crippen molar-refractivity contribution in [2.45, 2.75) is 19.3 Å². The molecular weight excluding hydrogens is 357 g/mol. The summed E-state index contributed by atoms with van der Waals surface area (Å²) in [5, 5.41) is 4.14. The molecule has 4 heteroatoms. The molecule has 0 unspecified atom stereocenters. The van der Waals surface area contributed by atoms with Crippen LogP contribution in [0.4, 0.5) is 0 Å². The van der Waals surface area contributed by atoms with Crippen molar-refractivity contribution < 1.29 is 4.79 Å². The fourth-order valence-corrected chi connectivity index (χ4v) is 3.30. The van der Waals surface area contributed by atoms with Crippen molar-refractivity contribution in [1.82, 2.24) is 5.32 Å². The van der Waals surface area contributed by atoms with Crippen molar-refractivity contribution in [3.63, 3.8) is 0 Å². The number of halogens is 1. The van der Waals surface area contributed by atoms with Gasteiger partial charge in [-0.1, -0.05) is 47.2 Å². The Kier molecular flexibility index (Phi) is 5.44. The number of hydrogen-bond acceptors (Lipinski definition) is 2. The number of nitrogens with one attached hydrogen (secondary N) is 1. The standard InChI is InChI=1S/C14H16INOS/c15-8-4-1-5-9-16-14(17)13-10-11-6-2-3-7-12(11)18-13/h2-3,6-7,10H,1,4-5,8-9H2,(H,16,17). The van der Waals surface area contributed by atoms with Crippen molar-refractivity contribution in [3.05, 3.63) is 35.2 Å². The molecule has 1 heterocycles. The number of carbonyl (C=O) groups is 1. The summed E-state index contributed by atoms with van der Waals surface area (Å²) in [4.78, 5) is 12.8. The lowest BCUT2D eigenvalue weighted by Crippen LogP contribution is -2.23. The molecule has 0 atom stereocenters. The molecular formula is C14H16INOS. The number of carbonyl (C=O) groups excluding carboxylic acids is 1. The van der Waals surface area contributed by atoms with E-state index in [4.69, 9.17) is 0 Å². The first-order valence-corrected chi connectivity index (χ1v) is 8.48. The second-order valence-corrected chi connectivity index (χ2v) is 6.32. The predicted octanol–water partition coefficient (Wildman–Crippen LogP) is 4.24. The zero-order chi connectivity index (χ0) is 12.8. The maximum absolute atomic E-state index is 11.9. The van der Waals surface area contributed by atoms with Gasteiger partial charge in [0.15, 0.2) is 0 Å². The Morgan fingerprint density at radius 1 is 1.22 bits per heavy atom. The first kappa shape index (κ1) is 13.8. The van der Waals surface area contributed by atoms with Crippen molar-refractivity contribution in [2.24, 2.45) is 0 Å². The van der Waals surface area contributed by atoms with Crippen LogP contribution >= 0.6 is 33.9 Å². The molecule has 0 spiro atoms. The summed E-state index contributed by atoms with van der Waals surface area (Å²) in [5.74, 6) is 0.0608. The van der Waals surface area contributed by atoms with Gasteiger partial charge in [-0.25, -0.2) is 0 Å². The molecule has 1 amide bonds. The Labute approximate surface area is 125 Å². The van der Waals surface area contributed by atoms with Crippen LogP contribution < -0.4 is 5.32 Å². The van der Waals surface area contributed by atoms with E-state index in [-0.39, 0.29) is 5.91 Å². The van der Waals surface area contributed by atoms with Crippen molar-refractivity contribution in [1.29, 1.82) is 0 Å². The molecule has 0 aliphatic heterocycles. The highest BCUT2D eigenvalue weighted by Crippen LogP contribution is 2.24. The zero-order valence-corrected chi connectivity index (χ0v) is 13.1. The lowest BCUT2D eigenvalue weighted by atomic mass is 10.2. The highest BCUT2D eigenvalue weighted by molar-refractivity contribution is 14.1.